The van der Waals surface area contributed by atoms with Crippen molar-refractivity contribution in [3.05, 3.63) is 83.9 Å². The van der Waals surface area contributed by atoms with Crippen LogP contribution in [0.5, 0.6) is 0 Å². The maximum Gasteiger partial charge on any atom is 0.301 e. The quantitative estimate of drug-likeness (QED) is 0.425. The van der Waals surface area contributed by atoms with Gasteiger partial charge in [-0.3, -0.25) is 35.1 Å². The summed E-state index contributed by atoms with van der Waals surface area (Å²) in [5.41, 5.74) is -1.31. The Morgan fingerprint density at radius 3 is 2.21 bits per heavy atom. The highest BCUT2D eigenvalue weighted by molar-refractivity contribution is 6.32. The van der Waals surface area contributed by atoms with Crippen LogP contribution in [0.4, 0.5) is 22.7 Å². The minimum absolute atomic E-state index is 0.00644. The molecule has 146 valence electrons. The van der Waals surface area contributed by atoms with E-state index in [4.69, 9.17) is 0 Å². The summed E-state index contributed by atoms with van der Waals surface area (Å²) in [5, 5.41) is 38.1. The van der Waals surface area contributed by atoms with Gasteiger partial charge in [0, 0.05) is 12.1 Å². The molecule has 1 amide bonds. The van der Waals surface area contributed by atoms with Crippen LogP contribution in [0, 0.1) is 30.3 Å². The molecule has 0 atom stereocenters. The van der Waals surface area contributed by atoms with Gasteiger partial charge in [-0.05, 0) is 25.1 Å². The Kier molecular flexibility index (Phi) is 4.83. The summed E-state index contributed by atoms with van der Waals surface area (Å²) in [5.74, 6) is -0.752. The second-order valence-corrected chi connectivity index (χ2v) is 5.86. The highest BCUT2D eigenvalue weighted by Gasteiger charge is 2.34. The number of hydrogen-bond donors (Lipinski definition) is 0. The van der Waals surface area contributed by atoms with Crippen LogP contribution in [0.15, 0.2) is 53.1 Å². The van der Waals surface area contributed by atoms with Crippen LogP contribution in [-0.4, -0.2) is 26.4 Å². The van der Waals surface area contributed by atoms with Crippen molar-refractivity contribution >= 4 is 40.4 Å². The Morgan fingerprint density at radius 2 is 1.59 bits per heavy atom. The first kappa shape index (κ1) is 19.3. The molecular formula is C17H11N5O7. The Labute approximate surface area is 161 Å². The third-order valence-corrected chi connectivity index (χ3v) is 4.09. The summed E-state index contributed by atoms with van der Waals surface area (Å²) < 4.78 is 0. The fourth-order valence-electron chi connectivity index (χ4n) is 2.73. The van der Waals surface area contributed by atoms with E-state index in [1.807, 2.05) is 0 Å². The molecule has 1 aliphatic rings. The first-order valence-electron chi connectivity index (χ1n) is 7.98. The Hall–Kier alpha value is -4.48. The van der Waals surface area contributed by atoms with E-state index in [0.717, 1.165) is 23.2 Å². The molecule has 0 aromatic heterocycles. The summed E-state index contributed by atoms with van der Waals surface area (Å²) in [4.78, 5) is 44.0. The second kappa shape index (κ2) is 7.26. The lowest BCUT2D eigenvalue weighted by Crippen LogP contribution is -2.22. The average Bonchev–Trinajstić information content (AvgIpc) is 2.95. The van der Waals surface area contributed by atoms with Crippen LogP contribution in [0.25, 0.3) is 6.08 Å². The summed E-state index contributed by atoms with van der Waals surface area (Å²) in [6.45, 7) is 1.47. The van der Waals surface area contributed by atoms with E-state index in [1.54, 1.807) is 6.07 Å². The number of amides is 1. The van der Waals surface area contributed by atoms with E-state index in [1.165, 1.54) is 31.2 Å². The number of anilines is 1. The topological polar surface area (TPSA) is 162 Å². The minimum atomic E-state index is -0.857. The van der Waals surface area contributed by atoms with Gasteiger partial charge in [-0.2, -0.15) is 10.1 Å². The molecule has 1 heterocycles. The zero-order valence-corrected chi connectivity index (χ0v) is 14.7. The lowest BCUT2D eigenvalue weighted by molar-refractivity contribution is -0.393. The number of rotatable bonds is 5. The number of hydrogen-bond acceptors (Lipinski definition) is 8. The van der Waals surface area contributed by atoms with Gasteiger partial charge >= 0.3 is 5.69 Å². The maximum absolute atomic E-state index is 12.8. The SMILES string of the molecule is CC1=NN(c2ccc([N+](=O)[O-])cc2[N+](=O)[O-])C(=O)/C1=C\c1ccccc1[N+](=O)[O-]. The molecule has 0 fully saturated rings. The number of nitro benzene ring substituents is 3. The molecule has 0 saturated carbocycles. The predicted octanol–water partition coefficient (Wildman–Crippen LogP) is 3.22. The van der Waals surface area contributed by atoms with Gasteiger partial charge < -0.3 is 0 Å². The fourth-order valence-corrected chi connectivity index (χ4v) is 2.73. The van der Waals surface area contributed by atoms with Gasteiger partial charge in [-0.1, -0.05) is 12.1 Å². The molecule has 2 aromatic carbocycles. The molecule has 0 radical (unpaired) electrons. The highest BCUT2D eigenvalue weighted by Crippen LogP contribution is 2.35. The van der Waals surface area contributed by atoms with E-state index in [-0.39, 0.29) is 28.2 Å². The monoisotopic (exact) mass is 397 g/mol. The molecule has 0 N–H and O–H groups in total. The van der Waals surface area contributed by atoms with Gasteiger partial charge in [0.1, 0.15) is 5.69 Å². The van der Waals surface area contributed by atoms with Crippen molar-refractivity contribution in [3.8, 4) is 0 Å². The smallest absolute Gasteiger partial charge is 0.267 e. The number of carbonyl (C=O) groups excluding carboxylic acids is 1. The Bertz CT molecular complexity index is 1140. The average molecular weight is 397 g/mol. The lowest BCUT2D eigenvalue weighted by Gasteiger charge is -2.11. The third-order valence-electron chi connectivity index (χ3n) is 4.09. The van der Waals surface area contributed by atoms with Crippen molar-refractivity contribution in [1.82, 2.24) is 0 Å². The van der Waals surface area contributed by atoms with Crippen molar-refractivity contribution in [2.24, 2.45) is 5.10 Å². The van der Waals surface area contributed by atoms with E-state index >= 15 is 0 Å². The van der Waals surface area contributed by atoms with E-state index in [2.05, 4.69) is 5.10 Å². The Morgan fingerprint density at radius 1 is 0.931 bits per heavy atom. The number of para-hydroxylation sites is 1. The molecule has 0 spiro atoms. The van der Waals surface area contributed by atoms with Crippen LogP contribution in [0.3, 0.4) is 0 Å². The van der Waals surface area contributed by atoms with Gasteiger partial charge in [0.25, 0.3) is 17.3 Å². The zero-order valence-electron chi connectivity index (χ0n) is 14.7. The number of non-ortho nitro benzene ring substituents is 1. The van der Waals surface area contributed by atoms with Gasteiger partial charge in [0.15, 0.2) is 0 Å². The van der Waals surface area contributed by atoms with Gasteiger partial charge in [-0.15, -0.1) is 0 Å². The molecule has 12 heteroatoms. The number of carbonyl (C=O) groups is 1. The van der Waals surface area contributed by atoms with E-state index in [0.29, 0.717) is 0 Å². The molecule has 3 rings (SSSR count). The summed E-state index contributed by atoms with van der Waals surface area (Å²) in [6, 6.07) is 8.56. The summed E-state index contributed by atoms with van der Waals surface area (Å²) in [6.07, 6.45) is 1.27. The van der Waals surface area contributed by atoms with E-state index in [9.17, 15) is 35.1 Å². The van der Waals surface area contributed by atoms with Gasteiger partial charge in [0.05, 0.1) is 37.7 Å². The molecule has 0 bridgehead atoms. The second-order valence-electron chi connectivity index (χ2n) is 5.86. The van der Waals surface area contributed by atoms with Crippen LogP contribution < -0.4 is 5.01 Å². The van der Waals surface area contributed by atoms with Crippen LogP contribution >= 0.6 is 0 Å². The van der Waals surface area contributed by atoms with Crippen molar-refractivity contribution in [3.63, 3.8) is 0 Å². The molecule has 0 aliphatic carbocycles. The van der Waals surface area contributed by atoms with Crippen LogP contribution in [-0.2, 0) is 4.79 Å². The largest absolute Gasteiger partial charge is 0.301 e. The number of nitrogens with zero attached hydrogens (tertiary/aromatic N) is 5. The van der Waals surface area contributed by atoms with Crippen molar-refractivity contribution < 1.29 is 19.6 Å². The zero-order chi connectivity index (χ0) is 21.3. The van der Waals surface area contributed by atoms with Gasteiger partial charge in [-0.25, -0.2) is 0 Å². The summed E-state index contributed by atoms with van der Waals surface area (Å²) in [7, 11) is 0. The van der Waals surface area contributed by atoms with Crippen molar-refractivity contribution in [2.75, 3.05) is 5.01 Å². The lowest BCUT2D eigenvalue weighted by atomic mass is 10.1. The first-order chi connectivity index (χ1) is 13.7. The molecule has 0 saturated heterocycles. The number of hydrazone groups is 1. The molecule has 12 nitrogen and oxygen atoms in total. The highest BCUT2D eigenvalue weighted by atomic mass is 16.6. The molecular weight excluding hydrogens is 386 g/mol. The third kappa shape index (κ3) is 3.53. The molecule has 0 unspecified atom stereocenters. The first-order valence-corrected chi connectivity index (χ1v) is 7.98. The van der Waals surface area contributed by atoms with Crippen LogP contribution in [0.2, 0.25) is 0 Å². The molecule has 2 aromatic rings. The Balaban J connectivity index is 2.07. The molecule has 29 heavy (non-hydrogen) atoms. The number of nitro groups is 3. The van der Waals surface area contributed by atoms with Crippen LogP contribution in [0.1, 0.15) is 12.5 Å². The van der Waals surface area contributed by atoms with Gasteiger partial charge in [0.2, 0.25) is 0 Å². The fraction of sp³-hybridized carbons (Fsp3) is 0.0588. The van der Waals surface area contributed by atoms with E-state index < -0.39 is 32.1 Å². The minimum Gasteiger partial charge on any atom is -0.267 e. The number of benzene rings is 2. The predicted molar refractivity (Wildman–Crippen MR) is 101 cm³/mol. The standard InChI is InChI=1S/C17H11N5O7/c1-10-13(8-11-4-2-3-5-14(11)21(26)27)17(23)19(18-10)15-7-6-12(20(24)25)9-16(15)22(28)29/h2-9H,1H3/b13-8-. The normalized spacial score (nSPS) is 14.8. The molecule has 1 aliphatic heterocycles. The maximum atomic E-state index is 12.8. The van der Waals surface area contributed by atoms with Crippen molar-refractivity contribution in [2.45, 2.75) is 6.92 Å². The summed E-state index contributed by atoms with van der Waals surface area (Å²) >= 11 is 0. The van der Waals surface area contributed by atoms with Crippen molar-refractivity contribution in [1.29, 1.82) is 0 Å².